The number of para-hydroxylation sites is 1. The number of nitrogens with one attached hydrogen (secondary N) is 1. The van der Waals surface area contributed by atoms with Gasteiger partial charge < -0.3 is 9.41 Å². The molecule has 1 atom stereocenters. The fourth-order valence-electron chi connectivity index (χ4n) is 3.74. The van der Waals surface area contributed by atoms with Gasteiger partial charge in [0.15, 0.2) is 8.32 Å². The zero-order valence-corrected chi connectivity index (χ0v) is 26.8. The number of aromatic nitrogens is 1. The van der Waals surface area contributed by atoms with Crippen molar-refractivity contribution in [1.82, 2.24) is 9.29 Å². The maximum absolute atomic E-state index is 14.1. The number of nitrogens with zero attached hydrogens (tertiary/aromatic N) is 1. The number of rotatable bonds is 9. The van der Waals surface area contributed by atoms with Gasteiger partial charge in [0.1, 0.15) is 0 Å². The molecule has 0 saturated carbocycles. The smallest absolute Gasteiger partial charge is 0.244 e. The summed E-state index contributed by atoms with van der Waals surface area (Å²) >= 11 is 3.56. The van der Waals surface area contributed by atoms with Crippen molar-refractivity contribution in [2.24, 2.45) is 0 Å². The van der Waals surface area contributed by atoms with Crippen molar-refractivity contribution in [3.63, 3.8) is 0 Å². The highest BCUT2D eigenvalue weighted by molar-refractivity contribution is 9.11. The van der Waals surface area contributed by atoms with Crippen molar-refractivity contribution in [2.45, 2.75) is 70.1 Å². The second-order valence-electron chi connectivity index (χ2n) is 11.0. The van der Waals surface area contributed by atoms with Crippen LogP contribution in [0.3, 0.4) is 0 Å². The number of sulfonamides is 1. The van der Waals surface area contributed by atoms with Crippen LogP contribution in [0.5, 0.6) is 0 Å². The lowest BCUT2D eigenvalue weighted by Crippen LogP contribution is -2.40. The monoisotopic (exact) mass is 614 g/mol. The zero-order chi connectivity index (χ0) is 28.1. The van der Waals surface area contributed by atoms with E-state index in [0.717, 1.165) is 26.6 Å². The maximum Gasteiger partial charge on any atom is 0.244 e. The number of allylic oxidation sites excluding steroid dienone is 1. The number of H-pyrrole nitrogens is 1. The summed E-state index contributed by atoms with van der Waals surface area (Å²) in [7, 11) is -5.77. The van der Waals surface area contributed by atoms with Gasteiger partial charge in [0, 0.05) is 28.7 Å². The predicted molar refractivity (Wildman–Crippen MR) is 164 cm³/mol. The van der Waals surface area contributed by atoms with Gasteiger partial charge in [-0.15, -0.1) is 0 Å². The van der Waals surface area contributed by atoms with Crippen LogP contribution in [0.4, 0.5) is 0 Å². The molecule has 8 heteroatoms. The molecule has 3 rings (SSSR count). The van der Waals surface area contributed by atoms with Gasteiger partial charge in [0.25, 0.3) is 0 Å². The average Bonchev–Trinajstić information content (AvgIpc) is 3.28. The predicted octanol–water partition coefficient (Wildman–Crippen LogP) is 7.92. The molecule has 38 heavy (non-hydrogen) atoms. The second kappa shape index (κ2) is 12.4. The van der Waals surface area contributed by atoms with E-state index in [2.05, 4.69) is 66.6 Å². The molecule has 3 aromatic rings. The lowest BCUT2D eigenvalue weighted by molar-refractivity contribution is 0.333. The molecule has 0 amide bonds. The number of hydrogen-bond acceptors (Lipinski definition) is 3. The van der Waals surface area contributed by atoms with Crippen molar-refractivity contribution in [3.05, 3.63) is 76.4 Å². The Morgan fingerprint density at radius 1 is 1.13 bits per heavy atom. The van der Waals surface area contributed by atoms with Crippen LogP contribution < -0.4 is 0 Å². The first kappa shape index (κ1) is 30.4. The van der Waals surface area contributed by atoms with E-state index in [1.54, 1.807) is 12.1 Å². The van der Waals surface area contributed by atoms with Crippen molar-refractivity contribution >= 4 is 45.2 Å². The first-order chi connectivity index (χ1) is 17.8. The molecule has 204 valence electrons. The quantitative estimate of drug-likeness (QED) is 0.197. The molecule has 2 aromatic carbocycles. The van der Waals surface area contributed by atoms with Crippen LogP contribution in [0.15, 0.2) is 70.1 Å². The molecule has 0 bridgehead atoms. The summed E-state index contributed by atoms with van der Waals surface area (Å²) in [6.45, 7) is 15.4. The molecule has 1 heterocycles. The average molecular weight is 616 g/mol. The second-order valence-corrected chi connectivity index (χ2v) is 18.8. The number of aromatic amines is 1. The standard InChI is InChI=1S/C30H39BrN2O3SSi/c1-8-25(31)22-33(37(34,35)26-18-16-23(2)17-19-26)29(28-21-24-13-9-10-14-27(24)32-28)15-11-12-20-36-38(6,7)30(3,4)5/h8-10,13-14,16-19,21,29,32H,15,20,22H2,1-7H3/b25-8-. The maximum atomic E-state index is 14.1. The molecular formula is C30H39BrN2O3SSi. The van der Waals surface area contributed by atoms with E-state index in [0.29, 0.717) is 13.0 Å². The van der Waals surface area contributed by atoms with Crippen LogP contribution >= 0.6 is 15.9 Å². The Balaban J connectivity index is 2.03. The van der Waals surface area contributed by atoms with Gasteiger partial charge in [0.2, 0.25) is 10.0 Å². The Labute approximate surface area is 238 Å². The molecule has 1 unspecified atom stereocenters. The topological polar surface area (TPSA) is 62.4 Å². The molecule has 0 aliphatic heterocycles. The van der Waals surface area contributed by atoms with Gasteiger partial charge in [-0.05, 0) is 61.6 Å². The molecule has 0 saturated heterocycles. The Morgan fingerprint density at radius 2 is 1.79 bits per heavy atom. The molecule has 0 radical (unpaired) electrons. The Kier molecular flexibility index (Phi) is 9.88. The number of aryl methyl sites for hydroxylation is 1. The minimum Gasteiger partial charge on any atom is -0.406 e. The van der Waals surface area contributed by atoms with Crippen LogP contribution in [-0.2, 0) is 14.4 Å². The third kappa shape index (κ3) is 7.28. The number of benzene rings is 2. The van der Waals surface area contributed by atoms with E-state index in [-0.39, 0.29) is 16.5 Å². The lowest BCUT2D eigenvalue weighted by Gasteiger charge is -2.35. The van der Waals surface area contributed by atoms with E-state index < -0.39 is 24.4 Å². The van der Waals surface area contributed by atoms with E-state index in [4.69, 9.17) is 4.43 Å². The van der Waals surface area contributed by atoms with Gasteiger partial charge >= 0.3 is 0 Å². The molecular weight excluding hydrogens is 576 g/mol. The largest absolute Gasteiger partial charge is 0.406 e. The Bertz CT molecular complexity index is 1410. The summed E-state index contributed by atoms with van der Waals surface area (Å²) in [5.41, 5.74) is 2.77. The normalized spacial score (nSPS) is 14.0. The van der Waals surface area contributed by atoms with Gasteiger partial charge in [-0.25, -0.2) is 8.42 Å². The lowest BCUT2D eigenvalue weighted by atomic mass is 10.1. The summed E-state index contributed by atoms with van der Waals surface area (Å²) in [4.78, 5) is 3.71. The zero-order valence-electron chi connectivity index (χ0n) is 23.4. The van der Waals surface area contributed by atoms with Gasteiger partial charge in [-0.1, -0.05) is 90.5 Å². The number of halogens is 1. The van der Waals surface area contributed by atoms with Gasteiger partial charge in [0.05, 0.1) is 17.5 Å². The molecule has 0 spiro atoms. The van der Waals surface area contributed by atoms with Crippen molar-refractivity contribution in [1.29, 1.82) is 0 Å². The fourth-order valence-corrected chi connectivity index (χ4v) is 6.63. The molecule has 0 fully saturated rings. The fraction of sp³-hybridized carbons (Fsp3) is 0.400. The van der Waals surface area contributed by atoms with Crippen molar-refractivity contribution in [3.8, 4) is 11.8 Å². The highest BCUT2D eigenvalue weighted by Gasteiger charge is 2.37. The van der Waals surface area contributed by atoms with E-state index in [1.165, 1.54) is 4.31 Å². The third-order valence-electron chi connectivity index (χ3n) is 7.24. The number of fused-ring (bicyclic) bond motifs is 1. The first-order valence-electron chi connectivity index (χ1n) is 12.8. The first-order valence-corrected chi connectivity index (χ1v) is 18.0. The third-order valence-corrected chi connectivity index (χ3v) is 14.3. The van der Waals surface area contributed by atoms with Crippen LogP contribution in [0.1, 0.15) is 51.4 Å². The minimum atomic E-state index is -3.84. The van der Waals surface area contributed by atoms with Crippen LogP contribution in [-0.4, -0.2) is 39.2 Å². The summed E-state index contributed by atoms with van der Waals surface area (Å²) in [5, 5.41) is 1.12. The number of hydrogen-bond donors (Lipinski definition) is 1. The van der Waals surface area contributed by atoms with Crippen molar-refractivity contribution < 1.29 is 12.8 Å². The SMILES string of the molecule is C/C=C(\Br)CN(C(CC#CCO[Si](C)(C)C(C)(C)C)c1cc2ccccc2[nH]1)S(=O)(=O)c1ccc(C)cc1. The molecule has 1 aromatic heterocycles. The minimum absolute atomic E-state index is 0.0965. The van der Waals surface area contributed by atoms with E-state index in [1.807, 2.05) is 62.4 Å². The highest BCUT2D eigenvalue weighted by atomic mass is 79.9. The van der Waals surface area contributed by atoms with Crippen molar-refractivity contribution in [2.75, 3.05) is 13.2 Å². The summed E-state index contributed by atoms with van der Waals surface area (Å²) in [6.07, 6.45) is 2.20. The molecule has 1 N–H and O–H groups in total. The highest BCUT2D eigenvalue weighted by Crippen LogP contribution is 2.36. The molecule has 0 aliphatic carbocycles. The van der Waals surface area contributed by atoms with Crippen LogP contribution in [0.25, 0.3) is 10.9 Å². The molecule has 0 aliphatic rings. The van der Waals surface area contributed by atoms with Gasteiger partial charge in [-0.3, -0.25) is 0 Å². The Morgan fingerprint density at radius 3 is 2.39 bits per heavy atom. The van der Waals surface area contributed by atoms with Crippen LogP contribution in [0, 0.1) is 18.8 Å². The van der Waals surface area contributed by atoms with Gasteiger partial charge in [-0.2, -0.15) is 4.31 Å². The van der Waals surface area contributed by atoms with E-state index >= 15 is 0 Å². The summed E-state index contributed by atoms with van der Waals surface area (Å²) in [6, 6.07) is 16.4. The van der Waals surface area contributed by atoms with E-state index in [9.17, 15) is 8.42 Å². The Hall–Kier alpha value is -2.15. The summed E-state index contributed by atoms with van der Waals surface area (Å²) < 4.78 is 36.7. The summed E-state index contributed by atoms with van der Waals surface area (Å²) in [5.74, 6) is 6.41. The van der Waals surface area contributed by atoms with Crippen LogP contribution in [0.2, 0.25) is 18.1 Å². The molecule has 5 nitrogen and oxygen atoms in total.